The maximum Gasteiger partial charge on any atom is 0.342 e. The highest BCUT2D eigenvalue weighted by Gasteiger charge is 2.26. The average Bonchev–Trinajstić information content (AvgIpc) is 2.93. The van der Waals surface area contributed by atoms with Crippen LogP contribution in [0.4, 0.5) is 10.1 Å². The van der Waals surface area contributed by atoms with Crippen molar-refractivity contribution in [2.24, 2.45) is 0 Å². The summed E-state index contributed by atoms with van der Waals surface area (Å²) in [4.78, 5) is 12.7. The standard InChI is InChI=1S/C21H20FNO4/c1-3-25-21(24)19-16-10-15-12(2)26-9-8-23-17(15)11-18(16)27-20(19)13-4-6-14(22)7-5-13/h4-7,10-12,23H,3,8-9H2,1-2H3. The number of benzene rings is 2. The van der Waals surface area contributed by atoms with Gasteiger partial charge in [-0.15, -0.1) is 0 Å². The summed E-state index contributed by atoms with van der Waals surface area (Å²) in [5.41, 5.74) is 3.40. The SMILES string of the molecule is CCOC(=O)c1c(-c2ccc(F)cc2)oc2cc3c(cc12)C(C)OCCN3. The second-order valence-electron chi connectivity index (χ2n) is 6.41. The van der Waals surface area contributed by atoms with Crippen molar-refractivity contribution >= 4 is 22.6 Å². The Labute approximate surface area is 156 Å². The predicted molar refractivity (Wildman–Crippen MR) is 100 cm³/mol. The van der Waals surface area contributed by atoms with E-state index in [0.29, 0.717) is 41.0 Å². The molecule has 1 aromatic heterocycles. The number of ether oxygens (including phenoxy) is 2. The topological polar surface area (TPSA) is 60.7 Å². The van der Waals surface area contributed by atoms with Crippen molar-refractivity contribution in [2.45, 2.75) is 20.0 Å². The molecule has 0 radical (unpaired) electrons. The van der Waals surface area contributed by atoms with E-state index in [9.17, 15) is 9.18 Å². The lowest BCUT2D eigenvalue weighted by Gasteiger charge is -2.12. The molecule has 6 heteroatoms. The fraction of sp³-hybridized carbons (Fsp3) is 0.286. The van der Waals surface area contributed by atoms with Crippen LogP contribution in [0.3, 0.4) is 0 Å². The Bertz CT molecular complexity index is 994. The van der Waals surface area contributed by atoms with Crippen LogP contribution in [0.25, 0.3) is 22.3 Å². The molecule has 2 aromatic carbocycles. The molecule has 0 saturated heterocycles. The van der Waals surface area contributed by atoms with Gasteiger partial charge in [0, 0.05) is 34.8 Å². The van der Waals surface area contributed by atoms with E-state index in [2.05, 4.69) is 5.32 Å². The van der Waals surface area contributed by atoms with Gasteiger partial charge in [-0.25, -0.2) is 9.18 Å². The molecule has 1 atom stereocenters. The zero-order valence-corrected chi connectivity index (χ0v) is 15.2. The highest BCUT2D eigenvalue weighted by Crippen LogP contribution is 2.39. The molecule has 0 spiro atoms. The van der Waals surface area contributed by atoms with Crippen LogP contribution in [0.5, 0.6) is 0 Å². The number of carbonyl (C=O) groups excluding carboxylic acids is 1. The number of rotatable bonds is 3. The van der Waals surface area contributed by atoms with Crippen LogP contribution in [0.1, 0.15) is 35.9 Å². The number of hydrogen-bond donors (Lipinski definition) is 1. The van der Waals surface area contributed by atoms with E-state index in [1.54, 1.807) is 19.1 Å². The van der Waals surface area contributed by atoms with E-state index >= 15 is 0 Å². The second-order valence-corrected chi connectivity index (χ2v) is 6.41. The molecule has 0 aliphatic carbocycles. The number of furan rings is 1. The molecular weight excluding hydrogens is 349 g/mol. The number of anilines is 1. The van der Waals surface area contributed by atoms with E-state index in [1.165, 1.54) is 12.1 Å². The normalized spacial score (nSPS) is 16.5. The van der Waals surface area contributed by atoms with Crippen molar-refractivity contribution in [1.82, 2.24) is 0 Å². The molecule has 3 aromatic rings. The van der Waals surface area contributed by atoms with Gasteiger partial charge in [-0.3, -0.25) is 0 Å². The summed E-state index contributed by atoms with van der Waals surface area (Å²) in [6.07, 6.45) is -0.112. The summed E-state index contributed by atoms with van der Waals surface area (Å²) in [7, 11) is 0. The number of esters is 1. The zero-order chi connectivity index (χ0) is 19.0. The minimum atomic E-state index is -0.467. The Kier molecular flexibility index (Phi) is 4.58. The van der Waals surface area contributed by atoms with Crippen LogP contribution < -0.4 is 5.32 Å². The maximum absolute atomic E-state index is 13.3. The van der Waals surface area contributed by atoms with Gasteiger partial charge in [0.25, 0.3) is 0 Å². The molecule has 140 valence electrons. The van der Waals surface area contributed by atoms with Gasteiger partial charge in [0.15, 0.2) is 0 Å². The van der Waals surface area contributed by atoms with E-state index in [1.807, 2.05) is 19.1 Å². The van der Waals surface area contributed by atoms with Gasteiger partial charge in [-0.05, 0) is 44.2 Å². The molecule has 27 heavy (non-hydrogen) atoms. The van der Waals surface area contributed by atoms with Crippen LogP contribution in [0.15, 0.2) is 40.8 Å². The largest absolute Gasteiger partial charge is 0.462 e. The Balaban J connectivity index is 1.96. The van der Waals surface area contributed by atoms with Gasteiger partial charge in [-0.1, -0.05) is 0 Å². The van der Waals surface area contributed by atoms with Crippen molar-refractivity contribution in [3.63, 3.8) is 0 Å². The van der Waals surface area contributed by atoms with Gasteiger partial charge in [-0.2, -0.15) is 0 Å². The van der Waals surface area contributed by atoms with Crippen LogP contribution in [0.2, 0.25) is 0 Å². The summed E-state index contributed by atoms with van der Waals surface area (Å²) < 4.78 is 30.4. The monoisotopic (exact) mass is 369 g/mol. The highest BCUT2D eigenvalue weighted by atomic mass is 19.1. The number of halogens is 1. The molecule has 4 rings (SSSR count). The van der Waals surface area contributed by atoms with Gasteiger partial charge >= 0.3 is 5.97 Å². The molecule has 0 amide bonds. The summed E-state index contributed by atoms with van der Waals surface area (Å²) in [5, 5.41) is 3.99. The minimum absolute atomic E-state index is 0.112. The fourth-order valence-corrected chi connectivity index (χ4v) is 3.37. The Hall–Kier alpha value is -2.86. The molecule has 0 bridgehead atoms. The first-order chi connectivity index (χ1) is 13.1. The van der Waals surface area contributed by atoms with Crippen LogP contribution in [-0.4, -0.2) is 25.7 Å². The van der Waals surface area contributed by atoms with E-state index in [4.69, 9.17) is 13.9 Å². The molecule has 0 fully saturated rings. The second kappa shape index (κ2) is 7.04. The van der Waals surface area contributed by atoms with Gasteiger partial charge in [0.05, 0.1) is 19.3 Å². The Morgan fingerprint density at radius 1 is 1.30 bits per heavy atom. The predicted octanol–water partition coefficient (Wildman–Crippen LogP) is 4.92. The van der Waals surface area contributed by atoms with Crippen molar-refractivity contribution in [2.75, 3.05) is 25.1 Å². The molecule has 1 aliphatic heterocycles. The van der Waals surface area contributed by atoms with Crippen LogP contribution >= 0.6 is 0 Å². The Morgan fingerprint density at radius 2 is 2.07 bits per heavy atom. The Morgan fingerprint density at radius 3 is 2.81 bits per heavy atom. The van der Waals surface area contributed by atoms with E-state index < -0.39 is 5.97 Å². The molecule has 5 nitrogen and oxygen atoms in total. The average molecular weight is 369 g/mol. The van der Waals surface area contributed by atoms with Crippen LogP contribution in [0, 0.1) is 5.82 Å². The molecule has 1 N–H and O–H groups in total. The minimum Gasteiger partial charge on any atom is -0.462 e. The van der Waals surface area contributed by atoms with Crippen molar-refractivity contribution in [3.05, 3.63) is 53.3 Å². The lowest BCUT2D eigenvalue weighted by molar-refractivity contribution is 0.0528. The smallest absolute Gasteiger partial charge is 0.342 e. The summed E-state index contributed by atoms with van der Waals surface area (Å²) in [5.74, 6) is -0.447. The quantitative estimate of drug-likeness (QED) is 0.664. The third-order valence-corrected chi connectivity index (χ3v) is 4.67. The lowest BCUT2D eigenvalue weighted by atomic mass is 10.0. The lowest BCUT2D eigenvalue weighted by Crippen LogP contribution is -2.06. The fourth-order valence-electron chi connectivity index (χ4n) is 3.37. The summed E-state index contributed by atoms with van der Waals surface area (Å²) >= 11 is 0. The van der Waals surface area contributed by atoms with E-state index in [0.717, 1.165) is 11.3 Å². The van der Waals surface area contributed by atoms with Crippen molar-refractivity contribution in [3.8, 4) is 11.3 Å². The van der Waals surface area contributed by atoms with Crippen molar-refractivity contribution in [1.29, 1.82) is 0 Å². The number of hydrogen-bond acceptors (Lipinski definition) is 5. The molecular formula is C21H20FNO4. The summed E-state index contributed by atoms with van der Waals surface area (Å²) in [6.45, 7) is 5.27. The molecule has 1 aliphatic rings. The third kappa shape index (κ3) is 3.17. The first-order valence-corrected chi connectivity index (χ1v) is 8.97. The maximum atomic E-state index is 13.3. The van der Waals surface area contributed by atoms with Gasteiger partial charge in [0.1, 0.15) is 22.7 Å². The molecule has 0 saturated carbocycles. The van der Waals surface area contributed by atoms with Crippen LogP contribution in [-0.2, 0) is 9.47 Å². The van der Waals surface area contributed by atoms with Crippen molar-refractivity contribution < 1.29 is 23.1 Å². The number of nitrogens with one attached hydrogen (secondary N) is 1. The number of carbonyl (C=O) groups is 1. The van der Waals surface area contributed by atoms with Gasteiger partial charge < -0.3 is 19.2 Å². The number of fused-ring (bicyclic) bond motifs is 2. The zero-order valence-electron chi connectivity index (χ0n) is 15.2. The third-order valence-electron chi connectivity index (χ3n) is 4.67. The van der Waals surface area contributed by atoms with E-state index in [-0.39, 0.29) is 18.5 Å². The summed E-state index contributed by atoms with van der Waals surface area (Å²) in [6, 6.07) is 9.64. The molecule has 1 unspecified atom stereocenters. The molecule has 2 heterocycles. The van der Waals surface area contributed by atoms with Gasteiger partial charge in [0.2, 0.25) is 0 Å². The first kappa shape index (κ1) is 17.5. The first-order valence-electron chi connectivity index (χ1n) is 8.97. The highest BCUT2D eigenvalue weighted by molar-refractivity contribution is 6.09.